The molecule has 2 aromatic rings. The molecule has 0 saturated carbocycles. The van der Waals surface area contributed by atoms with Crippen LogP contribution in [0, 0.1) is 0 Å². The number of carbonyl (C=O) groups is 2. The monoisotopic (exact) mass is 406 g/mol. The largest absolute Gasteiger partial charge is 0.495 e. The summed E-state index contributed by atoms with van der Waals surface area (Å²) in [6.07, 6.45) is 0.768. The van der Waals surface area contributed by atoms with Crippen molar-refractivity contribution in [3.63, 3.8) is 0 Å². The van der Waals surface area contributed by atoms with Crippen LogP contribution < -0.4 is 10.1 Å². The Kier molecular flexibility index (Phi) is 8.48. The second kappa shape index (κ2) is 10.8. The smallest absolute Gasteiger partial charge is 0.244 e. The number of rotatable bonds is 9. The van der Waals surface area contributed by atoms with Gasteiger partial charge in [0.2, 0.25) is 11.8 Å². The Morgan fingerprint density at radius 3 is 2.56 bits per heavy atom. The standard InChI is InChI=1S/C20H23ClN2O3S/c1-3-12-23(20(25)14-27-18-11-7-4-8-15(18)21)13-19(24)22-16-9-5-6-10-17(16)26-2/h4-11H,3,12-14H2,1-2H3,(H,22,24). The maximum atomic E-state index is 12.6. The number of nitrogens with one attached hydrogen (secondary N) is 1. The summed E-state index contributed by atoms with van der Waals surface area (Å²) < 4.78 is 5.23. The average molecular weight is 407 g/mol. The number of carbonyl (C=O) groups excluding carboxylic acids is 2. The lowest BCUT2D eigenvalue weighted by molar-refractivity contribution is -0.132. The van der Waals surface area contributed by atoms with Gasteiger partial charge >= 0.3 is 0 Å². The number of nitrogens with zero attached hydrogens (tertiary/aromatic N) is 1. The molecule has 27 heavy (non-hydrogen) atoms. The van der Waals surface area contributed by atoms with E-state index in [1.807, 2.05) is 37.3 Å². The number of hydrogen-bond donors (Lipinski definition) is 1. The van der Waals surface area contributed by atoms with Gasteiger partial charge < -0.3 is 15.0 Å². The van der Waals surface area contributed by atoms with Crippen LogP contribution in [0.1, 0.15) is 13.3 Å². The molecule has 0 aliphatic heterocycles. The van der Waals surface area contributed by atoms with Gasteiger partial charge in [-0.05, 0) is 30.7 Å². The van der Waals surface area contributed by atoms with Crippen molar-refractivity contribution in [2.75, 3.05) is 31.3 Å². The first-order valence-electron chi connectivity index (χ1n) is 8.63. The second-order valence-corrected chi connectivity index (χ2v) is 7.21. The third kappa shape index (κ3) is 6.48. The van der Waals surface area contributed by atoms with Crippen molar-refractivity contribution in [1.82, 2.24) is 4.90 Å². The summed E-state index contributed by atoms with van der Waals surface area (Å²) in [5.41, 5.74) is 0.583. The number of anilines is 1. The van der Waals surface area contributed by atoms with E-state index in [2.05, 4.69) is 5.32 Å². The molecule has 0 aliphatic rings. The summed E-state index contributed by atoms with van der Waals surface area (Å²) in [7, 11) is 1.55. The molecule has 2 rings (SSSR count). The fourth-order valence-corrected chi connectivity index (χ4v) is 3.61. The molecule has 1 N–H and O–H groups in total. The van der Waals surface area contributed by atoms with Gasteiger partial charge in [0.15, 0.2) is 0 Å². The molecule has 0 heterocycles. The van der Waals surface area contributed by atoms with Crippen LogP contribution in [0.15, 0.2) is 53.4 Å². The Morgan fingerprint density at radius 1 is 1.15 bits per heavy atom. The van der Waals surface area contributed by atoms with E-state index < -0.39 is 0 Å². The van der Waals surface area contributed by atoms with E-state index >= 15 is 0 Å². The predicted octanol–water partition coefficient (Wildman–Crippen LogP) is 4.32. The summed E-state index contributed by atoms with van der Waals surface area (Å²) in [6.45, 7) is 2.48. The summed E-state index contributed by atoms with van der Waals surface area (Å²) in [5.74, 6) is 0.445. The van der Waals surface area contributed by atoms with Gasteiger partial charge in [-0.3, -0.25) is 9.59 Å². The highest BCUT2D eigenvalue weighted by molar-refractivity contribution is 8.00. The second-order valence-electron chi connectivity index (χ2n) is 5.78. The maximum Gasteiger partial charge on any atom is 0.244 e. The topological polar surface area (TPSA) is 58.6 Å². The quantitative estimate of drug-likeness (QED) is 0.630. The van der Waals surface area contributed by atoms with Crippen molar-refractivity contribution >= 4 is 40.9 Å². The number of thioether (sulfide) groups is 1. The Labute approximate surface area is 169 Å². The molecule has 0 aliphatic carbocycles. The van der Waals surface area contributed by atoms with Gasteiger partial charge in [0.05, 0.1) is 30.1 Å². The highest BCUT2D eigenvalue weighted by Crippen LogP contribution is 2.27. The SMILES string of the molecule is CCCN(CC(=O)Nc1ccccc1OC)C(=O)CSc1ccccc1Cl. The highest BCUT2D eigenvalue weighted by atomic mass is 35.5. The number of halogens is 1. The summed E-state index contributed by atoms with van der Waals surface area (Å²) in [6, 6.07) is 14.6. The summed E-state index contributed by atoms with van der Waals surface area (Å²) in [4.78, 5) is 27.4. The molecule has 2 amide bonds. The Bertz CT molecular complexity index is 785. The van der Waals surface area contributed by atoms with Crippen LogP contribution in [0.4, 0.5) is 5.69 Å². The van der Waals surface area contributed by atoms with Gasteiger partial charge in [-0.15, -0.1) is 11.8 Å². The third-order valence-electron chi connectivity index (χ3n) is 3.75. The Balaban J connectivity index is 1.96. The van der Waals surface area contributed by atoms with Crippen molar-refractivity contribution in [2.45, 2.75) is 18.2 Å². The molecule has 5 nitrogen and oxygen atoms in total. The molecule has 0 atom stereocenters. The number of methoxy groups -OCH3 is 1. The van der Waals surface area contributed by atoms with E-state index in [9.17, 15) is 9.59 Å². The predicted molar refractivity (Wildman–Crippen MR) is 111 cm³/mol. The lowest BCUT2D eigenvalue weighted by atomic mass is 10.3. The molecular formula is C20H23ClN2O3S. The first-order valence-corrected chi connectivity index (χ1v) is 9.99. The van der Waals surface area contributed by atoms with Crippen LogP contribution in [0.5, 0.6) is 5.75 Å². The van der Waals surface area contributed by atoms with Gasteiger partial charge in [-0.25, -0.2) is 0 Å². The zero-order chi connectivity index (χ0) is 19.6. The number of hydrogen-bond acceptors (Lipinski definition) is 4. The Hall–Kier alpha value is -2.18. The minimum absolute atomic E-state index is 0.00615. The molecule has 0 radical (unpaired) electrons. The fraction of sp³-hybridized carbons (Fsp3) is 0.300. The maximum absolute atomic E-state index is 12.6. The first-order chi connectivity index (χ1) is 13.0. The van der Waals surface area contributed by atoms with E-state index in [4.69, 9.17) is 16.3 Å². The van der Waals surface area contributed by atoms with Crippen LogP contribution >= 0.6 is 23.4 Å². The van der Waals surface area contributed by atoms with Crippen molar-refractivity contribution < 1.29 is 14.3 Å². The molecule has 0 spiro atoms. The zero-order valence-electron chi connectivity index (χ0n) is 15.4. The molecule has 2 aromatic carbocycles. The van der Waals surface area contributed by atoms with Gasteiger partial charge in [0.1, 0.15) is 5.75 Å². The van der Waals surface area contributed by atoms with Crippen molar-refractivity contribution in [2.24, 2.45) is 0 Å². The molecule has 144 valence electrons. The molecular weight excluding hydrogens is 384 g/mol. The fourth-order valence-electron chi connectivity index (χ4n) is 2.47. The first kappa shape index (κ1) is 21.1. The van der Waals surface area contributed by atoms with Crippen molar-refractivity contribution in [1.29, 1.82) is 0 Å². The third-order valence-corrected chi connectivity index (χ3v) is 5.25. The minimum atomic E-state index is -0.260. The minimum Gasteiger partial charge on any atom is -0.495 e. The van der Waals surface area contributed by atoms with E-state index in [0.29, 0.717) is 23.0 Å². The van der Waals surface area contributed by atoms with Crippen molar-refractivity contribution in [3.8, 4) is 5.75 Å². The number of amides is 2. The van der Waals surface area contributed by atoms with Crippen LogP contribution in [-0.2, 0) is 9.59 Å². The average Bonchev–Trinajstić information content (AvgIpc) is 2.67. The van der Waals surface area contributed by atoms with E-state index in [-0.39, 0.29) is 24.1 Å². The van der Waals surface area contributed by atoms with Crippen LogP contribution in [0.2, 0.25) is 5.02 Å². The normalized spacial score (nSPS) is 10.3. The molecule has 0 unspecified atom stereocenters. The summed E-state index contributed by atoms with van der Waals surface area (Å²) in [5, 5.41) is 3.42. The molecule has 0 bridgehead atoms. The van der Waals surface area contributed by atoms with Gasteiger partial charge in [0, 0.05) is 11.4 Å². The van der Waals surface area contributed by atoms with E-state index in [1.54, 1.807) is 30.2 Å². The van der Waals surface area contributed by atoms with E-state index in [0.717, 1.165) is 11.3 Å². The molecule has 0 fully saturated rings. The molecule has 0 aromatic heterocycles. The lowest BCUT2D eigenvalue weighted by Gasteiger charge is -2.22. The van der Waals surface area contributed by atoms with Crippen LogP contribution in [0.25, 0.3) is 0 Å². The van der Waals surface area contributed by atoms with Gasteiger partial charge in [0.25, 0.3) is 0 Å². The van der Waals surface area contributed by atoms with Crippen LogP contribution in [0.3, 0.4) is 0 Å². The van der Waals surface area contributed by atoms with Gasteiger partial charge in [-0.1, -0.05) is 42.8 Å². The van der Waals surface area contributed by atoms with E-state index in [1.165, 1.54) is 11.8 Å². The highest BCUT2D eigenvalue weighted by Gasteiger charge is 2.18. The van der Waals surface area contributed by atoms with Crippen molar-refractivity contribution in [3.05, 3.63) is 53.6 Å². The van der Waals surface area contributed by atoms with Crippen LogP contribution in [-0.4, -0.2) is 42.7 Å². The number of para-hydroxylation sites is 2. The molecule has 7 heteroatoms. The number of ether oxygens (including phenoxy) is 1. The summed E-state index contributed by atoms with van der Waals surface area (Å²) >= 11 is 7.50. The zero-order valence-corrected chi connectivity index (χ0v) is 17.0. The number of benzene rings is 2. The molecule has 0 saturated heterocycles. The lowest BCUT2D eigenvalue weighted by Crippen LogP contribution is -2.39. The van der Waals surface area contributed by atoms with Gasteiger partial charge in [-0.2, -0.15) is 0 Å². The Morgan fingerprint density at radius 2 is 1.85 bits per heavy atom.